The highest BCUT2D eigenvalue weighted by atomic mass is 16.5. The number of anilines is 1. The zero-order valence-electron chi connectivity index (χ0n) is 11.7. The summed E-state index contributed by atoms with van der Waals surface area (Å²) in [7, 11) is 1.56. The number of nitrogens with one attached hydrogen (secondary N) is 1. The summed E-state index contributed by atoms with van der Waals surface area (Å²) in [5.41, 5.74) is 6.94. The van der Waals surface area contributed by atoms with Gasteiger partial charge in [-0.15, -0.1) is 0 Å². The maximum Gasteiger partial charge on any atom is 0.326 e. The van der Waals surface area contributed by atoms with E-state index in [2.05, 4.69) is 5.32 Å². The second kappa shape index (κ2) is 7.49. The van der Waals surface area contributed by atoms with Crippen LogP contribution in [0.5, 0.6) is 0 Å². The molecule has 1 unspecified atom stereocenters. The Hall–Kier alpha value is -2.08. The number of carboxylic acids is 1. The van der Waals surface area contributed by atoms with E-state index in [-0.39, 0.29) is 5.56 Å². The van der Waals surface area contributed by atoms with E-state index in [1.54, 1.807) is 25.3 Å². The van der Waals surface area contributed by atoms with Crippen LogP contribution in [0.25, 0.3) is 0 Å². The van der Waals surface area contributed by atoms with Gasteiger partial charge in [0.25, 0.3) is 5.91 Å². The Balaban J connectivity index is 2.89. The molecule has 1 aromatic rings. The number of aliphatic carboxylic acids is 1. The van der Waals surface area contributed by atoms with Crippen LogP contribution in [0.4, 0.5) is 5.69 Å². The highest BCUT2D eigenvalue weighted by Crippen LogP contribution is 2.19. The van der Waals surface area contributed by atoms with Crippen LogP contribution in [-0.4, -0.2) is 36.7 Å². The normalized spacial score (nSPS) is 11.9. The van der Waals surface area contributed by atoms with Gasteiger partial charge in [-0.05, 0) is 37.5 Å². The van der Waals surface area contributed by atoms with Gasteiger partial charge >= 0.3 is 5.97 Å². The van der Waals surface area contributed by atoms with Gasteiger partial charge in [0, 0.05) is 19.4 Å². The number of primary amides is 1. The van der Waals surface area contributed by atoms with E-state index < -0.39 is 17.9 Å². The molecule has 1 aromatic carbocycles. The molecule has 1 rings (SSSR count). The van der Waals surface area contributed by atoms with Crippen LogP contribution in [0.3, 0.4) is 0 Å². The van der Waals surface area contributed by atoms with Crippen molar-refractivity contribution in [2.24, 2.45) is 5.73 Å². The second-order valence-corrected chi connectivity index (χ2v) is 4.58. The lowest BCUT2D eigenvalue weighted by Gasteiger charge is -2.18. The highest BCUT2D eigenvalue weighted by molar-refractivity contribution is 5.99. The maximum absolute atomic E-state index is 11.4. The third-order valence-electron chi connectivity index (χ3n) is 2.91. The van der Waals surface area contributed by atoms with E-state index in [0.29, 0.717) is 25.1 Å². The summed E-state index contributed by atoms with van der Waals surface area (Å²) in [5.74, 6) is -1.56. The molecule has 20 heavy (non-hydrogen) atoms. The van der Waals surface area contributed by atoms with Gasteiger partial charge in [-0.2, -0.15) is 0 Å². The molecule has 4 N–H and O–H groups in total. The molecule has 0 saturated carbocycles. The predicted molar refractivity (Wildman–Crippen MR) is 75.9 cm³/mol. The maximum atomic E-state index is 11.4. The van der Waals surface area contributed by atoms with E-state index in [1.807, 2.05) is 6.92 Å². The lowest BCUT2D eigenvalue weighted by atomic mass is 10.1. The third kappa shape index (κ3) is 4.55. The number of rotatable bonds is 8. The zero-order valence-corrected chi connectivity index (χ0v) is 11.7. The predicted octanol–water partition coefficient (Wildman–Crippen LogP) is 1.39. The van der Waals surface area contributed by atoms with E-state index in [9.17, 15) is 14.7 Å². The van der Waals surface area contributed by atoms with Crippen molar-refractivity contribution >= 4 is 17.6 Å². The van der Waals surface area contributed by atoms with E-state index >= 15 is 0 Å². The van der Waals surface area contributed by atoms with Gasteiger partial charge in [-0.25, -0.2) is 4.79 Å². The van der Waals surface area contributed by atoms with Crippen molar-refractivity contribution in [1.29, 1.82) is 0 Å². The Bertz CT molecular complexity index is 488. The summed E-state index contributed by atoms with van der Waals surface area (Å²) >= 11 is 0. The standard InChI is InChI=1S/C14H20N2O4/c1-9-5-6-10(13(15)17)12(8-9)16-11(14(18)19)4-3-7-20-2/h5-6,8,11,16H,3-4,7H2,1-2H3,(H2,15,17)(H,18,19). The molecule has 110 valence electrons. The number of hydrogen-bond donors (Lipinski definition) is 3. The minimum absolute atomic E-state index is 0.286. The smallest absolute Gasteiger partial charge is 0.326 e. The summed E-state index contributed by atoms with van der Waals surface area (Å²) in [6.07, 6.45) is 1.01. The summed E-state index contributed by atoms with van der Waals surface area (Å²) in [5, 5.41) is 12.1. The first-order chi connectivity index (χ1) is 9.45. The first-order valence-electron chi connectivity index (χ1n) is 6.34. The Morgan fingerprint density at radius 2 is 2.15 bits per heavy atom. The van der Waals surface area contributed by atoms with Gasteiger partial charge in [-0.3, -0.25) is 4.79 Å². The number of aryl methyl sites for hydroxylation is 1. The molecule has 0 aromatic heterocycles. The van der Waals surface area contributed by atoms with Crippen LogP contribution >= 0.6 is 0 Å². The molecule has 0 aliphatic rings. The van der Waals surface area contributed by atoms with Crippen molar-refractivity contribution < 1.29 is 19.4 Å². The number of methoxy groups -OCH3 is 1. The first-order valence-corrected chi connectivity index (χ1v) is 6.34. The molecule has 0 bridgehead atoms. The average molecular weight is 280 g/mol. The highest BCUT2D eigenvalue weighted by Gasteiger charge is 2.19. The van der Waals surface area contributed by atoms with Crippen LogP contribution in [0.15, 0.2) is 18.2 Å². The molecule has 1 amide bonds. The molecular weight excluding hydrogens is 260 g/mol. The monoisotopic (exact) mass is 280 g/mol. The van der Waals surface area contributed by atoms with Gasteiger partial charge in [0.05, 0.1) is 5.56 Å². The molecule has 0 saturated heterocycles. The van der Waals surface area contributed by atoms with Crippen molar-refractivity contribution in [3.05, 3.63) is 29.3 Å². The van der Waals surface area contributed by atoms with Crippen molar-refractivity contribution in [3.8, 4) is 0 Å². The number of nitrogens with two attached hydrogens (primary N) is 1. The SMILES string of the molecule is COCCCC(Nc1cc(C)ccc1C(N)=O)C(=O)O. The van der Waals surface area contributed by atoms with Gasteiger partial charge in [0.15, 0.2) is 0 Å². The van der Waals surface area contributed by atoms with Gasteiger partial charge in [0.1, 0.15) is 6.04 Å². The Morgan fingerprint density at radius 3 is 2.70 bits per heavy atom. The molecule has 0 heterocycles. The lowest BCUT2D eigenvalue weighted by molar-refractivity contribution is -0.138. The second-order valence-electron chi connectivity index (χ2n) is 4.58. The van der Waals surface area contributed by atoms with Crippen molar-refractivity contribution in [1.82, 2.24) is 0 Å². The number of carbonyl (C=O) groups is 2. The molecule has 1 atom stereocenters. The van der Waals surface area contributed by atoms with Gasteiger partial charge in [0.2, 0.25) is 0 Å². The minimum Gasteiger partial charge on any atom is -0.480 e. The fourth-order valence-corrected chi connectivity index (χ4v) is 1.87. The van der Waals surface area contributed by atoms with Crippen LogP contribution in [0.2, 0.25) is 0 Å². The largest absolute Gasteiger partial charge is 0.480 e. The van der Waals surface area contributed by atoms with Crippen molar-refractivity contribution in [3.63, 3.8) is 0 Å². The van der Waals surface area contributed by atoms with Crippen LogP contribution in [-0.2, 0) is 9.53 Å². The molecule has 6 heteroatoms. The van der Waals surface area contributed by atoms with E-state index in [4.69, 9.17) is 10.5 Å². The Labute approximate surface area is 117 Å². The van der Waals surface area contributed by atoms with Crippen molar-refractivity contribution in [2.45, 2.75) is 25.8 Å². The van der Waals surface area contributed by atoms with Crippen LogP contribution in [0.1, 0.15) is 28.8 Å². The van der Waals surface area contributed by atoms with Crippen LogP contribution in [0, 0.1) is 6.92 Å². The average Bonchev–Trinajstić information content (AvgIpc) is 2.37. The molecular formula is C14H20N2O4. The quantitative estimate of drug-likeness (QED) is 0.624. The van der Waals surface area contributed by atoms with Crippen LogP contribution < -0.4 is 11.1 Å². The Morgan fingerprint density at radius 1 is 1.45 bits per heavy atom. The third-order valence-corrected chi connectivity index (χ3v) is 2.91. The van der Waals surface area contributed by atoms with Gasteiger partial charge in [-0.1, -0.05) is 6.07 Å². The molecule has 0 fully saturated rings. The Kier molecular flexibility index (Phi) is 5.99. The molecule has 0 aliphatic carbocycles. The van der Waals surface area contributed by atoms with E-state index in [0.717, 1.165) is 5.56 Å². The number of carbonyl (C=O) groups excluding carboxylic acids is 1. The number of hydrogen-bond acceptors (Lipinski definition) is 4. The van der Waals surface area contributed by atoms with Gasteiger partial charge < -0.3 is 20.9 Å². The first kappa shape index (κ1) is 16.0. The summed E-state index contributed by atoms with van der Waals surface area (Å²) < 4.78 is 4.91. The minimum atomic E-state index is -0.974. The topological polar surface area (TPSA) is 102 Å². The summed E-state index contributed by atoms with van der Waals surface area (Å²) in [6.45, 7) is 2.35. The number of benzene rings is 1. The van der Waals surface area contributed by atoms with Crippen molar-refractivity contribution in [2.75, 3.05) is 19.0 Å². The number of carboxylic acid groups (broad SMARTS) is 1. The fourth-order valence-electron chi connectivity index (χ4n) is 1.87. The number of ether oxygens (including phenoxy) is 1. The fraction of sp³-hybridized carbons (Fsp3) is 0.429. The molecule has 0 spiro atoms. The molecule has 0 aliphatic heterocycles. The lowest BCUT2D eigenvalue weighted by Crippen LogP contribution is -2.30. The summed E-state index contributed by atoms with van der Waals surface area (Å²) in [4.78, 5) is 22.6. The number of amides is 1. The van der Waals surface area contributed by atoms with E-state index in [1.165, 1.54) is 0 Å². The zero-order chi connectivity index (χ0) is 15.1. The molecule has 6 nitrogen and oxygen atoms in total. The summed E-state index contributed by atoms with van der Waals surface area (Å²) in [6, 6.07) is 4.27. The molecule has 0 radical (unpaired) electrons.